The second-order valence-electron chi connectivity index (χ2n) is 2.99. The smallest absolute Gasteiger partial charge is 0.238 e. The van der Waals surface area contributed by atoms with Crippen LogP contribution < -0.4 is 9.88 Å². The van der Waals surface area contributed by atoms with E-state index in [9.17, 15) is 8.42 Å². The molecule has 0 spiro atoms. The SMILES string of the molecule is COc1ccc(S(N)(=O)=O)c(CCO)c1. The van der Waals surface area contributed by atoms with Gasteiger partial charge in [0.2, 0.25) is 10.0 Å². The summed E-state index contributed by atoms with van der Waals surface area (Å²) in [7, 11) is -2.27. The third-order valence-corrected chi connectivity index (χ3v) is 2.97. The predicted octanol–water partition coefficient (Wildman–Crippen LogP) is -0.123. The number of aliphatic hydroxyl groups is 1. The third kappa shape index (κ3) is 2.92. The van der Waals surface area contributed by atoms with Crippen molar-refractivity contribution in [1.29, 1.82) is 0 Å². The van der Waals surface area contributed by atoms with E-state index in [1.54, 1.807) is 6.07 Å². The fraction of sp³-hybridized carbons (Fsp3) is 0.333. The molecule has 0 heterocycles. The average molecular weight is 231 g/mol. The molecule has 0 fully saturated rings. The monoisotopic (exact) mass is 231 g/mol. The van der Waals surface area contributed by atoms with Gasteiger partial charge in [0, 0.05) is 6.61 Å². The van der Waals surface area contributed by atoms with Crippen molar-refractivity contribution in [3.05, 3.63) is 23.8 Å². The second-order valence-corrected chi connectivity index (χ2v) is 4.52. The first-order valence-corrected chi connectivity index (χ1v) is 5.84. The fourth-order valence-corrected chi connectivity index (χ4v) is 2.06. The lowest BCUT2D eigenvalue weighted by molar-refractivity contribution is 0.298. The van der Waals surface area contributed by atoms with Crippen LogP contribution in [0.3, 0.4) is 0 Å². The van der Waals surface area contributed by atoms with E-state index in [4.69, 9.17) is 15.0 Å². The summed E-state index contributed by atoms with van der Waals surface area (Å²) in [6.45, 7) is -0.143. The molecule has 0 aliphatic rings. The number of ether oxygens (including phenoxy) is 1. The van der Waals surface area contributed by atoms with Crippen LogP contribution in [0.4, 0.5) is 0 Å². The Morgan fingerprint density at radius 2 is 2.13 bits per heavy atom. The van der Waals surface area contributed by atoms with Crippen LogP contribution in [-0.4, -0.2) is 27.2 Å². The minimum atomic E-state index is -3.75. The summed E-state index contributed by atoms with van der Waals surface area (Å²) in [5.41, 5.74) is 0.458. The molecule has 84 valence electrons. The average Bonchev–Trinajstić information content (AvgIpc) is 2.16. The van der Waals surface area contributed by atoms with Gasteiger partial charge in [0.25, 0.3) is 0 Å². The highest BCUT2D eigenvalue weighted by Crippen LogP contribution is 2.21. The van der Waals surface area contributed by atoms with Crippen molar-refractivity contribution >= 4 is 10.0 Å². The van der Waals surface area contributed by atoms with Gasteiger partial charge in [-0.2, -0.15) is 0 Å². The first-order valence-electron chi connectivity index (χ1n) is 4.29. The summed E-state index contributed by atoms with van der Waals surface area (Å²) in [6.07, 6.45) is 0.225. The van der Waals surface area contributed by atoms with Crippen LogP contribution in [0.5, 0.6) is 5.75 Å². The van der Waals surface area contributed by atoms with Gasteiger partial charge >= 0.3 is 0 Å². The Morgan fingerprint density at radius 1 is 1.47 bits per heavy atom. The molecule has 5 nitrogen and oxygen atoms in total. The molecule has 0 atom stereocenters. The van der Waals surface area contributed by atoms with Crippen molar-refractivity contribution in [3.63, 3.8) is 0 Å². The molecule has 0 aliphatic heterocycles. The summed E-state index contributed by atoms with van der Waals surface area (Å²) in [6, 6.07) is 4.44. The van der Waals surface area contributed by atoms with Crippen molar-refractivity contribution < 1.29 is 18.3 Å². The first kappa shape index (κ1) is 12.0. The van der Waals surface area contributed by atoms with Gasteiger partial charge in [0.05, 0.1) is 12.0 Å². The first-order chi connectivity index (χ1) is 6.99. The van der Waals surface area contributed by atoms with E-state index in [1.165, 1.54) is 19.2 Å². The van der Waals surface area contributed by atoms with Crippen LogP contribution in [0.1, 0.15) is 5.56 Å². The lowest BCUT2D eigenvalue weighted by Crippen LogP contribution is -2.15. The molecule has 15 heavy (non-hydrogen) atoms. The Hall–Kier alpha value is -1.11. The minimum absolute atomic E-state index is 0.0253. The quantitative estimate of drug-likeness (QED) is 0.755. The molecule has 0 bridgehead atoms. The standard InChI is InChI=1S/C9H13NO4S/c1-14-8-2-3-9(15(10,12)13)7(6-8)4-5-11/h2-3,6,11H,4-5H2,1H3,(H2,10,12,13). The van der Waals surface area contributed by atoms with E-state index < -0.39 is 10.0 Å². The van der Waals surface area contributed by atoms with E-state index in [0.717, 1.165) is 0 Å². The Bertz CT molecular complexity index is 441. The summed E-state index contributed by atoms with van der Waals surface area (Å²) in [5, 5.41) is 13.8. The van der Waals surface area contributed by atoms with Crippen LogP contribution in [0.15, 0.2) is 23.1 Å². The van der Waals surface area contributed by atoms with Crippen LogP contribution in [0.2, 0.25) is 0 Å². The summed E-state index contributed by atoms with van der Waals surface area (Å²) in [4.78, 5) is 0.0253. The number of aliphatic hydroxyl groups excluding tert-OH is 1. The van der Waals surface area contributed by atoms with Gasteiger partial charge in [-0.25, -0.2) is 13.6 Å². The van der Waals surface area contributed by atoms with Crippen molar-refractivity contribution in [2.24, 2.45) is 5.14 Å². The van der Waals surface area contributed by atoms with Crippen molar-refractivity contribution in [3.8, 4) is 5.75 Å². The maximum Gasteiger partial charge on any atom is 0.238 e. The number of hydrogen-bond donors (Lipinski definition) is 2. The third-order valence-electron chi connectivity index (χ3n) is 1.96. The molecule has 1 aromatic carbocycles. The molecular formula is C9H13NO4S. The van der Waals surface area contributed by atoms with Crippen molar-refractivity contribution in [2.45, 2.75) is 11.3 Å². The van der Waals surface area contributed by atoms with Gasteiger partial charge in [-0.05, 0) is 30.2 Å². The van der Waals surface area contributed by atoms with Gasteiger partial charge in [-0.15, -0.1) is 0 Å². The van der Waals surface area contributed by atoms with Gasteiger partial charge in [-0.1, -0.05) is 0 Å². The van der Waals surface area contributed by atoms with Gasteiger partial charge in [-0.3, -0.25) is 0 Å². The zero-order valence-corrected chi connectivity index (χ0v) is 9.12. The molecular weight excluding hydrogens is 218 g/mol. The summed E-state index contributed by atoms with van der Waals surface area (Å²) >= 11 is 0. The Labute approximate surface area is 88.5 Å². The number of benzene rings is 1. The van der Waals surface area contributed by atoms with E-state index in [0.29, 0.717) is 11.3 Å². The van der Waals surface area contributed by atoms with E-state index in [2.05, 4.69) is 0 Å². The molecule has 0 unspecified atom stereocenters. The molecule has 0 saturated carbocycles. The molecule has 0 aromatic heterocycles. The van der Waals surface area contributed by atoms with Crippen molar-refractivity contribution in [2.75, 3.05) is 13.7 Å². The zero-order valence-electron chi connectivity index (χ0n) is 8.30. The van der Waals surface area contributed by atoms with Crippen LogP contribution >= 0.6 is 0 Å². The Balaban J connectivity index is 3.27. The molecule has 6 heteroatoms. The summed E-state index contributed by atoms with van der Waals surface area (Å²) in [5.74, 6) is 0.533. The number of sulfonamides is 1. The summed E-state index contributed by atoms with van der Waals surface area (Å²) < 4.78 is 27.3. The van der Waals surface area contributed by atoms with Gasteiger partial charge < -0.3 is 9.84 Å². The maximum atomic E-state index is 11.2. The number of rotatable bonds is 4. The molecule has 1 rings (SSSR count). The van der Waals surface area contributed by atoms with E-state index >= 15 is 0 Å². The second kappa shape index (κ2) is 4.61. The molecule has 1 aromatic rings. The lowest BCUT2D eigenvalue weighted by Gasteiger charge is -2.08. The predicted molar refractivity (Wildman–Crippen MR) is 55.2 cm³/mol. The number of methoxy groups -OCH3 is 1. The lowest BCUT2D eigenvalue weighted by atomic mass is 10.1. The Kier molecular flexibility index (Phi) is 3.67. The maximum absolute atomic E-state index is 11.2. The molecule has 3 N–H and O–H groups in total. The van der Waals surface area contributed by atoms with E-state index in [-0.39, 0.29) is 17.9 Å². The van der Waals surface area contributed by atoms with Crippen LogP contribution in [-0.2, 0) is 16.4 Å². The number of nitrogens with two attached hydrogens (primary N) is 1. The highest BCUT2D eigenvalue weighted by atomic mass is 32.2. The zero-order chi connectivity index (χ0) is 11.5. The van der Waals surface area contributed by atoms with Crippen molar-refractivity contribution in [1.82, 2.24) is 0 Å². The molecule has 0 aliphatic carbocycles. The van der Waals surface area contributed by atoms with Crippen LogP contribution in [0, 0.1) is 0 Å². The largest absolute Gasteiger partial charge is 0.497 e. The fourth-order valence-electron chi connectivity index (χ4n) is 1.28. The number of primary sulfonamides is 1. The van der Waals surface area contributed by atoms with Gasteiger partial charge in [0.15, 0.2) is 0 Å². The minimum Gasteiger partial charge on any atom is -0.497 e. The molecule has 0 radical (unpaired) electrons. The van der Waals surface area contributed by atoms with Gasteiger partial charge in [0.1, 0.15) is 5.75 Å². The highest BCUT2D eigenvalue weighted by molar-refractivity contribution is 7.89. The van der Waals surface area contributed by atoms with Crippen LogP contribution in [0.25, 0.3) is 0 Å². The number of hydrogen-bond acceptors (Lipinski definition) is 4. The molecule has 0 saturated heterocycles. The normalized spacial score (nSPS) is 11.4. The molecule has 0 amide bonds. The Morgan fingerprint density at radius 3 is 2.60 bits per heavy atom. The topological polar surface area (TPSA) is 89.6 Å². The highest BCUT2D eigenvalue weighted by Gasteiger charge is 2.14. The van der Waals surface area contributed by atoms with E-state index in [1.807, 2.05) is 0 Å².